The minimum Gasteiger partial charge on any atom is -0.493 e. The van der Waals surface area contributed by atoms with Crippen molar-refractivity contribution < 1.29 is 14.3 Å². The van der Waals surface area contributed by atoms with Gasteiger partial charge in [-0.15, -0.1) is 0 Å². The molecule has 1 amide bonds. The molecule has 1 aliphatic heterocycles. The van der Waals surface area contributed by atoms with Gasteiger partial charge in [0.2, 0.25) is 0 Å². The van der Waals surface area contributed by atoms with Crippen LogP contribution >= 0.6 is 0 Å². The van der Waals surface area contributed by atoms with Crippen LogP contribution in [0, 0.1) is 6.92 Å². The number of carbonyl (C=O) groups excluding carboxylic acids is 1. The molecular weight excluding hydrogens is 328 g/mol. The quantitative estimate of drug-likeness (QED) is 0.784. The molecule has 2 aromatic carbocycles. The van der Waals surface area contributed by atoms with Crippen LogP contribution in [0.25, 0.3) is 10.9 Å². The fourth-order valence-electron chi connectivity index (χ4n) is 3.58. The fraction of sp³-hybridized carbons (Fsp3) is 0.286. The Labute approximate surface area is 152 Å². The van der Waals surface area contributed by atoms with Gasteiger partial charge in [0.15, 0.2) is 11.5 Å². The van der Waals surface area contributed by atoms with Crippen molar-refractivity contribution in [2.45, 2.75) is 19.9 Å². The Balaban J connectivity index is 1.62. The number of ether oxygens (including phenoxy) is 2. The predicted molar refractivity (Wildman–Crippen MR) is 101 cm³/mol. The third-order valence-electron chi connectivity index (χ3n) is 5.01. The Morgan fingerprint density at radius 3 is 2.50 bits per heavy atom. The second-order valence-electron chi connectivity index (χ2n) is 6.73. The molecule has 0 saturated carbocycles. The van der Waals surface area contributed by atoms with Crippen LogP contribution in [0.1, 0.15) is 27.2 Å². The van der Waals surface area contributed by atoms with Crippen LogP contribution in [-0.4, -0.2) is 36.6 Å². The standard InChI is InChI=1S/C21H22N2O3/c1-13-4-5-15-9-18(22-17(15)8-13)21(24)23-7-6-14-10-19(25-2)20(26-3)11-16(14)12-23/h4-5,8-11,22H,6-7,12H2,1-3H3. The predicted octanol–water partition coefficient (Wildman–Crippen LogP) is 3.69. The molecule has 134 valence electrons. The summed E-state index contributed by atoms with van der Waals surface area (Å²) in [5, 5.41) is 1.06. The van der Waals surface area contributed by atoms with Gasteiger partial charge in [-0.3, -0.25) is 4.79 Å². The number of hydrogen-bond donors (Lipinski definition) is 1. The molecule has 0 fully saturated rings. The molecular formula is C21H22N2O3. The summed E-state index contributed by atoms with van der Waals surface area (Å²) in [5.41, 5.74) is 5.12. The van der Waals surface area contributed by atoms with Gasteiger partial charge in [-0.05, 0) is 54.3 Å². The highest BCUT2D eigenvalue weighted by Crippen LogP contribution is 2.33. The number of carbonyl (C=O) groups is 1. The van der Waals surface area contributed by atoms with Crippen molar-refractivity contribution in [2.75, 3.05) is 20.8 Å². The van der Waals surface area contributed by atoms with E-state index in [2.05, 4.69) is 17.1 Å². The van der Waals surface area contributed by atoms with Crippen molar-refractivity contribution in [1.29, 1.82) is 0 Å². The van der Waals surface area contributed by atoms with Gasteiger partial charge < -0.3 is 19.4 Å². The molecule has 0 bridgehead atoms. The van der Waals surface area contributed by atoms with Crippen LogP contribution in [-0.2, 0) is 13.0 Å². The second-order valence-corrected chi connectivity index (χ2v) is 6.73. The average molecular weight is 350 g/mol. The number of aryl methyl sites for hydroxylation is 1. The molecule has 0 atom stereocenters. The highest BCUT2D eigenvalue weighted by Gasteiger charge is 2.24. The van der Waals surface area contributed by atoms with Gasteiger partial charge in [0.25, 0.3) is 5.91 Å². The minimum atomic E-state index is 0.0271. The van der Waals surface area contributed by atoms with Crippen LogP contribution in [0.2, 0.25) is 0 Å². The number of benzene rings is 2. The lowest BCUT2D eigenvalue weighted by Gasteiger charge is -2.29. The maximum atomic E-state index is 13.0. The number of fused-ring (bicyclic) bond motifs is 2. The summed E-state index contributed by atoms with van der Waals surface area (Å²) in [5.74, 6) is 1.46. The van der Waals surface area contributed by atoms with Crippen molar-refractivity contribution in [3.05, 3.63) is 58.8 Å². The fourth-order valence-corrected chi connectivity index (χ4v) is 3.58. The van der Waals surface area contributed by atoms with Gasteiger partial charge in [0, 0.05) is 24.0 Å². The number of amides is 1. The van der Waals surface area contributed by atoms with E-state index >= 15 is 0 Å². The topological polar surface area (TPSA) is 54.6 Å². The Kier molecular flexibility index (Phi) is 4.07. The summed E-state index contributed by atoms with van der Waals surface area (Å²) in [4.78, 5) is 18.1. The zero-order valence-corrected chi connectivity index (χ0v) is 15.3. The molecule has 1 N–H and O–H groups in total. The molecule has 0 spiro atoms. The molecule has 0 aliphatic carbocycles. The minimum absolute atomic E-state index is 0.0271. The molecule has 3 aromatic rings. The highest BCUT2D eigenvalue weighted by molar-refractivity contribution is 5.98. The first-order valence-electron chi connectivity index (χ1n) is 8.71. The van der Waals surface area contributed by atoms with Crippen molar-refractivity contribution in [3.8, 4) is 11.5 Å². The van der Waals surface area contributed by atoms with Gasteiger partial charge in [0.05, 0.1) is 14.2 Å². The summed E-state index contributed by atoms with van der Waals surface area (Å²) in [6.07, 6.45) is 0.806. The van der Waals surface area contributed by atoms with Crippen molar-refractivity contribution in [2.24, 2.45) is 0 Å². The van der Waals surface area contributed by atoms with Gasteiger partial charge >= 0.3 is 0 Å². The van der Waals surface area contributed by atoms with Crippen LogP contribution in [0.3, 0.4) is 0 Å². The summed E-state index contributed by atoms with van der Waals surface area (Å²) in [6.45, 7) is 3.31. The van der Waals surface area contributed by atoms with E-state index in [1.165, 1.54) is 11.1 Å². The summed E-state index contributed by atoms with van der Waals surface area (Å²) in [6, 6.07) is 12.1. The summed E-state index contributed by atoms with van der Waals surface area (Å²) in [7, 11) is 3.27. The first-order valence-corrected chi connectivity index (χ1v) is 8.71. The smallest absolute Gasteiger partial charge is 0.270 e. The van der Waals surface area contributed by atoms with Crippen LogP contribution in [0.5, 0.6) is 11.5 Å². The van der Waals surface area contributed by atoms with E-state index in [-0.39, 0.29) is 5.91 Å². The van der Waals surface area contributed by atoms with E-state index in [1.807, 2.05) is 36.1 Å². The second kappa shape index (κ2) is 6.41. The SMILES string of the molecule is COc1cc2c(cc1OC)CN(C(=O)c1cc3ccc(C)cc3[nH]1)CC2. The van der Waals surface area contributed by atoms with Gasteiger partial charge in [-0.2, -0.15) is 0 Å². The number of methoxy groups -OCH3 is 2. The molecule has 4 rings (SSSR count). The molecule has 0 unspecified atom stereocenters. The zero-order chi connectivity index (χ0) is 18.3. The van der Waals surface area contributed by atoms with Crippen molar-refractivity contribution >= 4 is 16.8 Å². The first kappa shape index (κ1) is 16.5. The van der Waals surface area contributed by atoms with Gasteiger partial charge in [-0.1, -0.05) is 12.1 Å². The number of nitrogens with one attached hydrogen (secondary N) is 1. The maximum absolute atomic E-state index is 13.0. The molecule has 2 heterocycles. The number of nitrogens with zero attached hydrogens (tertiary/aromatic N) is 1. The van der Waals surface area contributed by atoms with Crippen molar-refractivity contribution in [1.82, 2.24) is 9.88 Å². The normalized spacial score (nSPS) is 13.6. The maximum Gasteiger partial charge on any atom is 0.270 e. The summed E-state index contributed by atoms with van der Waals surface area (Å²) < 4.78 is 10.8. The largest absolute Gasteiger partial charge is 0.493 e. The molecule has 5 heteroatoms. The first-order chi connectivity index (χ1) is 12.6. The molecule has 1 aliphatic rings. The van der Waals surface area contributed by atoms with E-state index in [9.17, 15) is 4.79 Å². The van der Waals surface area contributed by atoms with Crippen LogP contribution in [0.15, 0.2) is 36.4 Å². The summed E-state index contributed by atoms with van der Waals surface area (Å²) >= 11 is 0. The Hall–Kier alpha value is -2.95. The van der Waals surface area contributed by atoms with E-state index in [4.69, 9.17) is 9.47 Å². The Morgan fingerprint density at radius 1 is 1.04 bits per heavy atom. The number of aromatic amines is 1. The van der Waals surface area contributed by atoms with Gasteiger partial charge in [-0.25, -0.2) is 0 Å². The molecule has 26 heavy (non-hydrogen) atoms. The lowest BCUT2D eigenvalue weighted by molar-refractivity contribution is 0.0729. The molecule has 0 radical (unpaired) electrons. The van der Waals surface area contributed by atoms with E-state index in [0.29, 0.717) is 24.5 Å². The number of rotatable bonds is 3. The Morgan fingerprint density at radius 2 is 1.77 bits per heavy atom. The average Bonchev–Trinajstić information content (AvgIpc) is 3.08. The van der Waals surface area contributed by atoms with E-state index in [0.717, 1.165) is 28.6 Å². The van der Waals surface area contributed by atoms with E-state index < -0.39 is 0 Å². The molecule has 0 saturated heterocycles. The van der Waals surface area contributed by atoms with Crippen LogP contribution in [0.4, 0.5) is 0 Å². The monoisotopic (exact) mass is 350 g/mol. The lowest BCUT2D eigenvalue weighted by Crippen LogP contribution is -2.36. The third kappa shape index (κ3) is 2.79. The highest BCUT2D eigenvalue weighted by atomic mass is 16.5. The van der Waals surface area contributed by atoms with E-state index in [1.54, 1.807) is 14.2 Å². The third-order valence-corrected chi connectivity index (χ3v) is 5.01. The van der Waals surface area contributed by atoms with Crippen LogP contribution < -0.4 is 9.47 Å². The lowest BCUT2D eigenvalue weighted by atomic mass is 9.98. The van der Waals surface area contributed by atoms with Crippen molar-refractivity contribution in [3.63, 3.8) is 0 Å². The zero-order valence-electron chi connectivity index (χ0n) is 15.3. The van der Waals surface area contributed by atoms with Gasteiger partial charge in [0.1, 0.15) is 5.69 Å². The Bertz CT molecular complexity index is 990. The molecule has 5 nitrogen and oxygen atoms in total. The number of aromatic nitrogens is 1. The number of H-pyrrole nitrogens is 1. The number of hydrogen-bond acceptors (Lipinski definition) is 3. The molecule has 1 aromatic heterocycles.